The Kier molecular flexibility index (Phi) is 9.40. The maximum atomic E-state index is 12.0. The molecule has 0 unspecified atom stereocenters. The average molecular weight is 544 g/mol. The van der Waals surface area contributed by atoms with Gasteiger partial charge < -0.3 is 19.1 Å². The largest absolute Gasteiger partial charge is 0.496 e. The number of esters is 1. The molecule has 198 valence electrons. The smallest absolute Gasteiger partial charge is 0.309 e. The predicted octanol–water partition coefficient (Wildman–Crippen LogP) is 6.14. The van der Waals surface area contributed by atoms with Crippen molar-refractivity contribution in [3.8, 4) is 33.5 Å². The van der Waals surface area contributed by atoms with E-state index in [0.717, 1.165) is 66.3 Å². The number of methoxy groups -OCH3 is 1. The van der Waals surface area contributed by atoms with Crippen molar-refractivity contribution in [2.24, 2.45) is 5.92 Å². The van der Waals surface area contributed by atoms with E-state index in [1.165, 1.54) is 11.5 Å². The van der Waals surface area contributed by atoms with Crippen molar-refractivity contribution in [1.82, 2.24) is 14.3 Å². The van der Waals surface area contributed by atoms with Gasteiger partial charge in [0.15, 0.2) is 5.82 Å². The third-order valence-corrected chi connectivity index (χ3v) is 7.47. The van der Waals surface area contributed by atoms with Crippen LogP contribution in [0.5, 0.6) is 11.5 Å². The number of piperidine rings is 1. The van der Waals surface area contributed by atoms with Crippen molar-refractivity contribution in [3.05, 3.63) is 47.0 Å². The zero-order chi connectivity index (χ0) is 26.4. The molecular weight excluding hydrogens is 510 g/mol. The summed E-state index contributed by atoms with van der Waals surface area (Å²) in [4.78, 5) is 19.2. The Balaban J connectivity index is 1.44. The van der Waals surface area contributed by atoms with Gasteiger partial charge in [-0.15, -0.1) is 0 Å². The molecule has 2 heterocycles. The molecule has 0 aliphatic carbocycles. The normalized spacial score (nSPS) is 14.6. The first-order chi connectivity index (χ1) is 17.9. The van der Waals surface area contributed by atoms with E-state index in [1.54, 1.807) is 7.11 Å². The fourth-order valence-electron chi connectivity index (χ4n) is 4.56. The number of nitrogens with zero attached hydrogens (tertiary/aromatic N) is 3. The summed E-state index contributed by atoms with van der Waals surface area (Å²) in [5, 5.41) is 1.33. The molecule has 1 aliphatic rings. The van der Waals surface area contributed by atoms with E-state index < -0.39 is 0 Å². The van der Waals surface area contributed by atoms with Crippen LogP contribution in [0, 0.1) is 5.92 Å². The van der Waals surface area contributed by atoms with E-state index in [1.807, 2.05) is 51.1 Å². The third-order valence-electron chi connectivity index (χ3n) is 6.41. The first kappa shape index (κ1) is 27.4. The van der Waals surface area contributed by atoms with Gasteiger partial charge >= 0.3 is 5.97 Å². The number of hydrogen-bond acceptors (Lipinski definition) is 8. The fraction of sp³-hybridized carbons (Fsp3) is 0.464. The summed E-state index contributed by atoms with van der Waals surface area (Å²) < 4.78 is 21.4. The molecule has 0 saturated carbocycles. The molecular formula is C28H34ClN3O4S. The summed E-state index contributed by atoms with van der Waals surface area (Å²) in [6.45, 7) is 8.92. The third kappa shape index (κ3) is 6.80. The van der Waals surface area contributed by atoms with Gasteiger partial charge in [-0.2, -0.15) is 4.37 Å². The number of ether oxygens (including phenoxy) is 3. The number of benzene rings is 2. The minimum absolute atomic E-state index is 0.0211. The summed E-state index contributed by atoms with van der Waals surface area (Å²) >= 11 is 7.77. The van der Waals surface area contributed by atoms with Crippen molar-refractivity contribution in [2.45, 2.75) is 46.1 Å². The Labute approximate surface area is 227 Å². The Morgan fingerprint density at radius 1 is 1.22 bits per heavy atom. The molecule has 2 aromatic carbocycles. The van der Waals surface area contributed by atoms with Crippen LogP contribution < -0.4 is 9.47 Å². The Hall–Kier alpha value is -2.68. The minimum atomic E-state index is -0.0613. The highest BCUT2D eigenvalue weighted by Gasteiger charge is 2.26. The van der Waals surface area contributed by atoms with Gasteiger partial charge in [0.2, 0.25) is 0 Å². The van der Waals surface area contributed by atoms with Gasteiger partial charge in [0.05, 0.1) is 36.3 Å². The highest BCUT2D eigenvalue weighted by molar-refractivity contribution is 7.09. The molecule has 0 bridgehead atoms. The SMILES string of the molecule is CCOC(=O)C1CCN(CCc2cccc(-c3nsc(-c4ccc(OC(C)C)c(Cl)c4)n3)c2OC)CC1. The quantitative estimate of drug-likeness (QED) is 0.284. The van der Waals surface area contributed by atoms with Crippen molar-refractivity contribution in [1.29, 1.82) is 0 Å². The van der Waals surface area contributed by atoms with Crippen LogP contribution in [0.15, 0.2) is 36.4 Å². The molecule has 0 radical (unpaired) electrons. The lowest BCUT2D eigenvalue weighted by molar-refractivity contribution is -0.149. The van der Waals surface area contributed by atoms with Gasteiger partial charge in [-0.3, -0.25) is 4.79 Å². The number of carbonyl (C=O) groups excluding carboxylic acids is 1. The van der Waals surface area contributed by atoms with Crippen LogP contribution in [-0.4, -0.2) is 59.7 Å². The number of likely N-dealkylation sites (tertiary alicyclic amines) is 1. The minimum Gasteiger partial charge on any atom is -0.496 e. The molecule has 1 fully saturated rings. The average Bonchev–Trinajstić information content (AvgIpc) is 3.39. The Morgan fingerprint density at radius 2 is 2.00 bits per heavy atom. The molecule has 37 heavy (non-hydrogen) atoms. The number of para-hydroxylation sites is 1. The van der Waals surface area contributed by atoms with Gasteiger partial charge in [0, 0.05) is 12.1 Å². The summed E-state index contributed by atoms with van der Waals surface area (Å²) in [5.74, 6) is 2.05. The second kappa shape index (κ2) is 12.7. The van der Waals surface area contributed by atoms with Crippen LogP contribution in [0.4, 0.5) is 0 Å². The van der Waals surface area contributed by atoms with Gasteiger partial charge in [-0.05, 0) is 94.5 Å². The Bertz CT molecular complexity index is 1210. The highest BCUT2D eigenvalue weighted by Crippen LogP contribution is 2.36. The maximum Gasteiger partial charge on any atom is 0.309 e. The lowest BCUT2D eigenvalue weighted by Crippen LogP contribution is -2.38. The van der Waals surface area contributed by atoms with E-state index in [2.05, 4.69) is 15.3 Å². The van der Waals surface area contributed by atoms with Gasteiger partial charge in [0.1, 0.15) is 16.5 Å². The van der Waals surface area contributed by atoms with E-state index in [0.29, 0.717) is 23.2 Å². The first-order valence-electron chi connectivity index (χ1n) is 12.7. The van der Waals surface area contributed by atoms with Crippen molar-refractivity contribution >= 4 is 29.1 Å². The molecule has 4 rings (SSSR count). The van der Waals surface area contributed by atoms with E-state index in [4.69, 9.17) is 30.8 Å². The molecule has 3 aromatic rings. The molecule has 1 aliphatic heterocycles. The molecule has 0 N–H and O–H groups in total. The van der Waals surface area contributed by atoms with Crippen molar-refractivity contribution < 1.29 is 19.0 Å². The number of rotatable bonds is 10. The van der Waals surface area contributed by atoms with E-state index >= 15 is 0 Å². The van der Waals surface area contributed by atoms with Crippen LogP contribution in [0.1, 0.15) is 39.2 Å². The Morgan fingerprint density at radius 3 is 2.68 bits per heavy atom. The summed E-state index contributed by atoms with van der Waals surface area (Å²) in [6.07, 6.45) is 2.57. The van der Waals surface area contributed by atoms with E-state index in [9.17, 15) is 4.79 Å². The lowest BCUT2D eigenvalue weighted by atomic mass is 9.96. The zero-order valence-corrected chi connectivity index (χ0v) is 23.4. The second-order valence-corrected chi connectivity index (χ2v) is 10.5. The summed E-state index contributed by atoms with van der Waals surface area (Å²) in [5.41, 5.74) is 2.88. The second-order valence-electron chi connectivity index (χ2n) is 9.35. The number of carbonyl (C=O) groups is 1. The molecule has 1 aromatic heterocycles. The van der Waals surface area contributed by atoms with Crippen LogP contribution in [0.2, 0.25) is 5.02 Å². The van der Waals surface area contributed by atoms with Gasteiger partial charge in [0.25, 0.3) is 0 Å². The van der Waals surface area contributed by atoms with Crippen LogP contribution in [-0.2, 0) is 16.0 Å². The summed E-state index contributed by atoms with van der Waals surface area (Å²) in [6, 6.07) is 11.8. The van der Waals surface area contributed by atoms with Crippen LogP contribution >= 0.6 is 23.1 Å². The number of hydrogen-bond donors (Lipinski definition) is 0. The van der Waals surface area contributed by atoms with Crippen molar-refractivity contribution in [2.75, 3.05) is 33.4 Å². The van der Waals surface area contributed by atoms with E-state index in [-0.39, 0.29) is 18.0 Å². The predicted molar refractivity (Wildman–Crippen MR) is 148 cm³/mol. The van der Waals surface area contributed by atoms with Crippen LogP contribution in [0.25, 0.3) is 22.0 Å². The van der Waals surface area contributed by atoms with Crippen LogP contribution in [0.3, 0.4) is 0 Å². The van der Waals surface area contributed by atoms with Gasteiger partial charge in [-0.25, -0.2) is 4.98 Å². The zero-order valence-electron chi connectivity index (χ0n) is 21.8. The molecule has 9 heteroatoms. The molecule has 7 nitrogen and oxygen atoms in total. The first-order valence-corrected chi connectivity index (χ1v) is 13.9. The number of aromatic nitrogens is 2. The monoisotopic (exact) mass is 543 g/mol. The summed E-state index contributed by atoms with van der Waals surface area (Å²) in [7, 11) is 1.69. The molecule has 1 saturated heterocycles. The fourth-order valence-corrected chi connectivity index (χ4v) is 5.46. The number of halogens is 1. The molecule has 0 amide bonds. The standard InChI is InChI=1S/C28H34ClN3O4S/c1-5-35-28(33)20-12-15-32(16-13-20)14-11-19-7-6-8-22(25(19)34-4)26-30-27(37-31-26)21-9-10-24(23(29)17-21)36-18(2)3/h6-10,17-18,20H,5,11-16H2,1-4H3. The topological polar surface area (TPSA) is 73.8 Å². The van der Waals surface area contributed by atoms with Gasteiger partial charge in [-0.1, -0.05) is 23.7 Å². The van der Waals surface area contributed by atoms with Crippen molar-refractivity contribution in [3.63, 3.8) is 0 Å². The lowest BCUT2D eigenvalue weighted by Gasteiger charge is -2.30. The highest BCUT2D eigenvalue weighted by atomic mass is 35.5. The molecule has 0 atom stereocenters. The maximum absolute atomic E-state index is 12.0. The molecule has 0 spiro atoms.